The number of nitrogens with zero attached hydrogens (tertiary/aromatic N) is 1. The summed E-state index contributed by atoms with van der Waals surface area (Å²) < 4.78 is 28.2. The molecule has 0 aliphatic carbocycles. The highest BCUT2D eigenvalue weighted by atomic mass is 35.5. The van der Waals surface area contributed by atoms with Crippen molar-refractivity contribution < 1.29 is 38.4 Å². The number of nitrogens with one attached hydrogen (secondary N) is 3. The van der Waals surface area contributed by atoms with E-state index < -0.39 is 24.3 Å². The Morgan fingerprint density at radius 3 is 2.47 bits per heavy atom. The van der Waals surface area contributed by atoms with Crippen molar-refractivity contribution in [1.82, 2.24) is 16.1 Å². The van der Waals surface area contributed by atoms with Crippen LogP contribution in [0.2, 0.25) is 10.0 Å². The van der Waals surface area contributed by atoms with Crippen molar-refractivity contribution in [2.24, 2.45) is 5.10 Å². The van der Waals surface area contributed by atoms with Gasteiger partial charge in [-0.25, -0.2) is 9.59 Å². The van der Waals surface area contributed by atoms with E-state index >= 15 is 0 Å². The number of hydrogen-bond acceptors (Lipinski definition) is 10. The number of methoxy groups -OCH3 is 1. The van der Waals surface area contributed by atoms with Crippen LogP contribution in [0.3, 0.4) is 0 Å². The van der Waals surface area contributed by atoms with Crippen molar-refractivity contribution in [3.05, 3.63) is 92.6 Å². The van der Waals surface area contributed by atoms with Crippen LogP contribution in [-0.2, 0) is 16.1 Å². The Morgan fingerprint density at radius 2 is 1.74 bits per heavy atom. The molecule has 14 heteroatoms. The summed E-state index contributed by atoms with van der Waals surface area (Å²) in [6.07, 6.45) is 0.276. The molecule has 2 atom stereocenters. The third-order valence-corrected chi connectivity index (χ3v) is 7.42. The molecule has 0 fully saturated rings. The normalized spacial score (nSPS) is 15.0. The molecule has 4 N–H and O–H groups in total. The first-order valence-corrected chi connectivity index (χ1v) is 15.5. The molecular weight excluding hydrogens is 651 g/mol. The summed E-state index contributed by atoms with van der Waals surface area (Å²) in [6.45, 7) is 5.99. The van der Waals surface area contributed by atoms with Gasteiger partial charge in [0, 0.05) is 16.3 Å². The van der Waals surface area contributed by atoms with E-state index in [2.05, 4.69) is 21.2 Å². The maximum absolute atomic E-state index is 12.5. The lowest BCUT2D eigenvalue weighted by molar-refractivity contribution is -0.136. The minimum absolute atomic E-state index is 0.187. The number of carbonyl (C=O) groups excluding carboxylic acids is 2. The molecule has 3 aromatic carbocycles. The van der Waals surface area contributed by atoms with Gasteiger partial charge in [0.05, 0.1) is 43.2 Å². The topological polar surface area (TPSA) is 149 Å². The molecule has 4 rings (SSSR count). The highest BCUT2D eigenvalue weighted by Crippen LogP contribution is 2.38. The van der Waals surface area contributed by atoms with Crippen LogP contribution in [0, 0.1) is 0 Å². The van der Waals surface area contributed by atoms with E-state index in [1.54, 1.807) is 50.2 Å². The number of rotatable bonds is 15. The van der Waals surface area contributed by atoms with Gasteiger partial charge >= 0.3 is 12.0 Å². The van der Waals surface area contributed by atoms with Gasteiger partial charge in [-0.15, -0.1) is 0 Å². The Balaban J connectivity index is 1.40. The second-order valence-corrected chi connectivity index (χ2v) is 10.9. The van der Waals surface area contributed by atoms with E-state index in [4.69, 9.17) is 46.9 Å². The predicted molar refractivity (Wildman–Crippen MR) is 177 cm³/mol. The molecule has 47 heavy (non-hydrogen) atoms. The standard InChI is InChI=1S/C33H36Cl2N4O8/c1-5-44-26-15-21(30-29(32(41)43-4)19(3)37-33(42)38-30)11-12-25(26)46-18-28(40)39-36-16-20-13-24(35)31(27(14-20)45-6-2)47-17-22-9-7-8-10-23(22)34/h7-16,28,30,39-40H,5-6,17-18H2,1-4H3,(H2,37,38,42)/b36-16-/t28-,30+/m1/s1. The van der Waals surface area contributed by atoms with E-state index in [0.717, 1.165) is 5.56 Å². The number of aliphatic hydroxyl groups excluding tert-OH is 1. The Kier molecular flexibility index (Phi) is 12.6. The minimum Gasteiger partial charge on any atom is -0.490 e. The maximum Gasteiger partial charge on any atom is 0.337 e. The molecular formula is C33H36Cl2N4O8. The third-order valence-electron chi connectivity index (χ3n) is 6.77. The van der Waals surface area contributed by atoms with Gasteiger partial charge in [-0.1, -0.05) is 47.5 Å². The zero-order valence-electron chi connectivity index (χ0n) is 26.3. The zero-order valence-corrected chi connectivity index (χ0v) is 27.8. The number of amides is 2. The summed E-state index contributed by atoms with van der Waals surface area (Å²) >= 11 is 12.8. The Labute approximate surface area is 282 Å². The zero-order chi connectivity index (χ0) is 33.9. The van der Waals surface area contributed by atoms with E-state index in [9.17, 15) is 14.7 Å². The van der Waals surface area contributed by atoms with Crippen LogP contribution in [0.15, 0.2) is 71.0 Å². The van der Waals surface area contributed by atoms with Crippen LogP contribution >= 0.6 is 23.2 Å². The van der Waals surface area contributed by atoms with Crippen LogP contribution in [0.5, 0.6) is 23.0 Å². The molecule has 250 valence electrons. The molecule has 2 amide bonds. The van der Waals surface area contributed by atoms with Gasteiger partial charge in [0.25, 0.3) is 0 Å². The summed E-state index contributed by atoms with van der Waals surface area (Å²) in [4.78, 5) is 24.6. The number of hydrazone groups is 1. The van der Waals surface area contributed by atoms with Crippen molar-refractivity contribution in [2.75, 3.05) is 26.9 Å². The summed E-state index contributed by atoms with van der Waals surface area (Å²) in [5.74, 6) is 0.907. The van der Waals surface area contributed by atoms with Gasteiger partial charge in [0.15, 0.2) is 29.2 Å². The van der Waals surface area contributed by atoms with Crippen LogP contribution in [0.1, 0.15) is 43.5 Å². The molecule has 1 aliphatic rings. The molecule has 12 nitrogen and oxygen atoms in total. The number of urea groups is 1. The average molecular weight is 688 g/mol. The summed E-state index contributed by atoms with van der Waals surface area (Å²) in [5.41, 5.74) is 5.22. The number of benzene rings is 3. The van der Waals surface area contributed by atoms with E-state index in [1.165, 1.54) is 13.3 Å². The van der Waals surface area contributed by atoms with Gasteiger partial charge in [-0.05, 0) is 62.2 Å². The molecule has 3 aromatic rings. The van der Waals surface area contributed by atoms with Crippen LogP contribution in [0.4, 0.5) is 4.79 Å². The maximum atomic E-state index is 12.5. The summed E-state index contributed by atoms with van der Waals surface area (Å²) in [7, 11) is 1.27. The minimum atomic E-state index is -1.19. The average Bonchev–Trinajstić information content (AvgIpc) is 3.04. The number of halogens is 2. The first-order chi connectivity index (χ1) is 22.6. The molecule has 0 aromatic heterocycles. The monoisotopic (exact) mass is 686 g/mol. The van der Waals surface area contributed by atoms with Gasteiger partial charge in [-0.3, -0.25) is 5.43 Å². The fourth-order valence-corrected chi connectivity index (χ4v) is 5.11. The molecule has 0 bridgehead atoms. The molecule has 1 heterocycles. The summed E-state index contributed by atoms with van der Waals surface area (Å²) in [6, 6.07) is 14.5. The highest BCUT2D eigenvalue weighted by Gasteiger charge is 2.32. The molecule has 0 unspecified atom stereocenters. The van der Waals surface area contributed by atoms with Crippen LogP contribution < -0.4 is 35.0 Å². The highest BCUT2D eigenvalue weighted by molar-refractivity contribution is 6.32. The fraction of sp³-hybridized carbons (Fsp3) is 0.303. The van der Waals surface area contributed by atoms with Crippen LogP contribution in [0.25, 0.3) is 0 Å². The van der Waals surface area contributed by atoms with Gasteiger partial charge in [0.2, 0.25) is 0 Å². The van der Waals surface area contributed by atoms with Gasteiger partial charge in [0.1, 0.15) is 13.2 Å². The Morgan fingerprint density at radius 1 is 1.00 bits per heavy atom. The van der Waals surface area contributed by atoms with Crippen LogP contribution in [-0.4, -0.2) is 56.5 Å². The van der Waals surface area contributed by atoms with Crippen molar-refractivity contribution in [3.8, 4) is 23.0 Å². The second-order valence-electron chi connectivity index (χ2n) is 10.1. The lowest BCUT2D eigenvalue weighted by Crippen LogP contribution is -2.45. The number of esters is 1. The smallest absolute Gasteiger partial charge is 0.337 e. The number of ether oxygens (including phenoxy) is 5. The molecule has 0 spiro atoms. The van der Waals surface area contributed by atoms with E-state index in [0.29, 0.717) is 63.1 Å². The Hall–Kier alpha value is -4.65. The van der Waals surface area contributed by atoms with E-state index in [1.807, 2.05) is 25.1 Å². The van der Waals surface area contributed by atoms with E-state index in [-0.39, 0.29) is 18.8 Å². The molecule has 0 saturated carbocycles. The Bertz CT molecular complexity index is 1650. The predicted octanol–water partition coefficient (Wildman–Crippen LogP) is 5.49. The fourth-order valence-electron chi connectivity index (χ4n) is 4.65. The lowest BCUT2D eigenvalue weighted by atomic mass is 9.95. The largest absolute Gasteiger partial charge is 0.490 e. The third kappa shape index (κ3) is 9.22. The first kappa shape index (κ1) is 35.2. The van der Waals surface area contributed by atoms with Crippen molar-refractivity contribution in [2.45, 2.75) is 39.6 Å². The molecule has 1 aliphatic heterocycles. The van der Waals surface area contributed by atoms with Crippen molar-refractivity contribution in [3.63, 3.8) is 0 Å². The first-order valence-electron chi connectivity index (χ1n) is 14.7. The number of aliphatic hydroxyl groups is 1. The lowest BCUT2D eigenvalue weighted by Gasteiger charge is -2.28. The molecule has 0 saturated heterocycles. The van der Waals surface area contributed by atoms with Gasteiger partial charge < -0.3 is 39.4 Å². The van der Waals surface area contributed by atoms with Gasteiger partial charge in [-0.2, -0.15) is 5.10 Å². The SMILES string of the molecule is CCOc1cc([C@@H]2NC(=O)NC(C)=C2C(=O)OC)ccc1OC[C@@H](O)N/N=C\c1cc(Cl)c(OCc2ccccc2Cl)c(OCC)c1. The number of carbonyl (C=O) groups is 2. The summed E-state index contributed by atoms with van der Waals surface area (Å²) in [5, 5.41) is 20.8. The molecule has 0 radical (unpaired) electrons. The number of allylic oxidation sites excluding steroid dienone is 1. The van der Waals surface area contributed by atoms with Crippen molar-refractivity contribution >= 4 is 41.4 Å². The second kappa shape index (κ2) is 16.8. The quantitative estimate of drug-likeness (QED) is 0.0705. The number of hydrogen-bond donors (Lipinski definition) is 4. The van der Waals surface area contributed by atoms with Crippen molar-refractivity contribution in [1.29, 1.82) is 0 Å².